The topological polar surface area (TPSA) is 26.3 Å². The first kappa shape index (κ1) is 10.1. The first-order chi connectivity index (χ1) is 6.22. The van der Waals surface area contributed by atoms with Gasteiger partial charge in [-0.05, 0) is 30.7 Å². The number of ether oxygens (including phenoxy) is 1. The van der Waals surface area contributed by atoms with E-state index in [4.69, 9.17) is 16.3 Å². The Labute approximate surface area is 82.5 Å². The van der Waals surface area contributed by atoms with Gasteiger partial charge in [0.25, 0.3) is 0 Å². The smallest absolute Gasteiger partial charge is 0.311 e. The van der Waals surface area contributed by atoms with Gasteiger partial charge in [-0.15, -0.1) is 0 Å². The molecule has 0 atom stereocenters. The van der Waals surface area contributed by atoms with E-state index in [1.54, 1.807) is 24.3 Å². The summed E-state index contributed by atoms with van der Waals surface area (Å²) >= 11 is 5.66. The minimum Gasteiger partial charge on any atom is -0.427 e. The molecule has 0 aliphatic heterocycles. The van der Waals surface area contributed by atoms with Crippen molar-refractivity contribution in [2.24, 2.45) is 0 Å². The second kappa shape index (κ2) is 4.87. The molecule has 0 amide bonds. The van der Waals surface area contributed by atoms with Crippen LogP contribution in [0.2, 0.25) is 5.02 Å². The molecule has 0 heterocycles. The Bertz CT molecular complexity index is 279. The fourth-order valence-electron chi connectivity index (χ4n) is 0.829. The quantitative estimate of drug-likeness (QED) is 0.550. The van der Waals surface area contributed by atoms with Crippen LogP contribution in [-0.2, 0) is 4.79 Å². The molecule has 0 saturated carbocycles. The predicted molar refractivity (Wildman–Crippen MR) is 51.7 cm³/mol. The molecule has 0 fully saturated rings. The Morgan fingerprint density at radius 3 is 2.54 bits per heavy atom. The summed E-state index contributed by atoms with van der Waals surface area (Å²) in [5, 5.41) is 0.622. The molecule has 69 valence electrons. The lowest BCUT2D eigenvalue weighted by Crippen LogP contribution is -2.06. The van der Waals surface area contributed by atoms with Gasteiger partial charge in [-0.2, -0.15) is 0 Å². The summed E-state index contributed by atoms with van der Waals surface area (Å²) < 4.78 is 4.97. The van der Waals surface area contributed by atoms with E-state index in [1.165, 1.54) is 0 Å². The van der Waals surface area contributed by atoms with Gasteiger partial charge in [-0.3, -0.25) is 4.79 Å². The van der Waals surface area contributed by atoms with E-state index in [-0.39, 0.29) is 5.97 Å². The second-order valence-corrected chi connectivity index (χ2v) is 2.97. The minimum absolute atomic E-state index is 0.266. The third-order valence-electron chi connectivity index (χ3n) is 1.43. The Kier molecular flexibility index (Phi) is 3.77. The third-order valence-corrected chi connectivity index (χ3v) is 1.68. The summed E-state index contributed by atoms with van der Waals surface area (Å²) in [4.78, 5) is 11.0. The van der Waals surface area contributed by atoms with Crippen molar-refractivity contribution in [3.63, 3.8) is 0 Å². The Hall–Kier alpha value is -1.02. The van der Waals surface area contributed by atoms with Gasteiger partial charge in [0.1, 0.15) is 5.75 Å². The zero-order valence-corrected chi connectivity index (χ0v) is 7.88. The van der Waals surface area contributed by atoms with Crippen LogP contribution in [0.25, 0.3) is 0 Å². The van der Waals surface area contributed by atoms with E-state index in [2.05, 4.69) is 6.92 Å². The normalized spacial score (nSPS) is 9.69. The Balaban J connectivity index is 2.54. The van der Waals surface area contributed by atoms with E-state index in [0.717, 1.165) is 0 Å². The van der Waals surface area contributed by atoms with Crippen molar-refractivity contribution in [1.82, 2.24) is 0 Å². The van der Waals surface area contributed by atoms with Crippen LogP contribution in [0.1, 0.15) is 12.8 Å². The van der Waals surface area contributed by atoms with Crippen LogP contribution in [0.5, 0.6) is 5.75 Å². The molecule has 0 bridgehead atoms. The maximum absolute atomic E-state index is 11.0. The molecule has 0 N–H and O–H groups in total. The van der Waals surface area contributed by atoms with Crippen LogP contribution in [0.15, 0.2) is 24.3 Å². The lowest BCUT2D eigenvalue weighted by Gasteiger charge is -2.02. The molecule has 1 radical (unpaired) electrons. The maximum Gasteiger partial charge on any atom is 0.311 e. The highest BCUT2D eigenvalue weighted by molar-refractivity contribution is 6.30. The van der Waals surface area contributed by atoms with Gasteiger partial charge in [0.05, 0.1) is 0 Å². The molecular formula is C10H10ClO2. The number of esters is 1. The number of carbonyl (C=O) groups is 1. The summed E-state index contributed by atoms with van der Waals surface area (Å²) in [5.74, 6) is 0.250. The number of rotatable bonds is 3. The summed E-state index contributed by atoms with van der Waals surface area (Å²) in [6, 6.07) is 6.66. The fourth-order valence-corrected chi connectivity index (χ4v) is 0.955. The molecule has 0 spiro atoms. The number of hydrogen-bond donors (Lipinski definition) is 0. The summed E-state index contributed by atoms with van der Waals surface area (Å²) in [6.07, 6.45) is 0.884. The van der Waals surface area contributed by atoms with Gasteiger partial charge in [0.15, 0.2) is 0 Å². The van der Waals surface area contributed by atoms with Crippen molar-refractivity contribution < 1.29 is 9.53 Å². The summed E-state index contributed by atoms with van der Waals surface area (Å²) in [5.41, 5.74) is 0. The average Bonchev–Trinajstić information content (AvgIpc) is 2.09. The second-order valence-electron chi connectivity index (χ2n) is 2.53. The molecule has 0 aliphatic rings. The number of halogens is 1. The third kappa shape index (κ3) is 3.47. The molecule has 1 rings (SSSR count). The zero-order valence-electron chi connectivity index (χ0n) is 7.13. The average molecular weight is 198 g/mol. The molecule has 3 heteroatoms. The minimum atomic E-state index is -0.266. The molecule has 1 aromatic rings. The predicted octanol–water partition coefficient (Wildman–Crippen LogP) is 2.86. The maximum atomic E-state index is 11.0. The van der Waals surface area contributed by atoms with Crippen molar-refractivity contribution in [1.29, 1.82) is 0 Å². The summed E-state index contributed by atoms with van der Waals surface area (Å²) in [7, 11) is 0. The molecule has 1 aromatic carbocycles. The van der Waals surface area contributed by atoms with Gasteiger partial charge >= 0.3 is 5.97 Å². The molecule has 0 saturated heterocycles. The van der Waals surface area contributed by atoms with E-state index < -0.39 is 0 Å². The molecule has 13 heavy (non-hydrogen) atoms. The summed E-state index contributed by atoms with van der Waals surface area (Å²) in [6.45, 7) is 3.56. The van der Waals surface area contributed by atoms with Crippen molar-refractivity contribution >= 4 is 17.6 Å². The largest absolute Gasteiger partial charge is 0.427 e. The van der Waals surface area contributed by atoms with Crippen LogP contribution in [-0.4, -0.2) is 5.97 Å². The fraction of sp³-hybridized carbons (Fsp3) is 0.200. The van der Waals surface area contributed by atoms with E-state index in [0.29, 0.717) is 23.6 Å². The Morgan fingerprint density at radius 1 is 1.38 bits per heavy atom. The highest BCUT2D eigenvalue weighted by Crippen LogP contribution is 2.15. The molecule has 0 unspecified atom stereocenters. The highest BCUT2D eigenvalue weighted by Gasteiger charge is 2.02. The van der Waals surface area contributed by atoms with Crippen molar-refractivity contribution in [3.8, 4) is 5.75 Å². The monoisotopic (exact) mass is 197 g/mol. The van der Waals surface area contributed by atoms with E-state index in [1.807, 2.05) is 0 Å². The molecular weight excluding hydrogens is 188 g/mol. The molecule has 2 nitrogen and oxygen atoms in total. The Morgan fingerprint density at radius 2 is 2.00 bits per heavy atom. The highest BCUT2D eigenvalue weighted by atomic mass is 35.5. The van der Waals surface area contributed by atoms with Crippen LogP contribution in [0.3, 0.4) is 0 Å². The van der Waals surface area contributed by atoms with Gasteiger partial charge in [-0.1, -0.05) is 18.5 Å². The van der Waals surface area contributed by atoms with E-state index in [9.17, 15) is 4.79 Å². The number of benzene rings is 1. The number of carbonyl (C=O) groups excluding carboxylic acids is 1. The van der Waals surface area contributed by atoms with Crippen molar-refractivity contribution in [3.05, 3.63) is 36.2 Å². The van der Waals surface area contributed by atoms with Crippen LogP contribution in [0, 0.1) is 6.92 Å². The zero-order chi connectivity index (χ0) is 9.68. The SMILES string of the molecule is [CH2]CCC(=O)Oc1ccc(Cl)cc1. The molecule has 0 aromatic heterocycles. The number of hydrogen-bond acceptors (Lipinski definition) is 2. The lowest BCUT2D eigenvalue weighted by molar-refractivity contribution is -0.134. The first-order valence-electron chi connectivity index (χ1n) is 3.98. The van der Waals surface area contributed by atoms with Crippen LogP contribution >= 0.6 is 11.6 Å². The van der Waals surface area contributed by atoms with Crippen LogP contribution < -0.4 is 4.74 Å². The first-order valence-corrected chi connectivity index (χ1v) is 4.35. The van der Waals surface area contributed by atoms with Crippen molar-refractivity contribution in [2.75, 3.05) is 0 Å². The van der Waals surface area contributed by atoms with Crippen molar-refractivity contribution in [2.45, 2.75) is 12.8 Å². The van der Waals surface area contributed by atoms with Gasteiger partial charge < -0.3 is 4.74 Å². The van der Waals surface area contributed by atoms with Crippen LogP contribution in [0.4, 0.5) is 0 Å². The lowest BCUT2D eigenvalue weighted by atomic mass is 10.3. The van der Waals surface area contributed by atoms with E-state index >= 15 is 0 Å². The van der Waals surface area contributed by atoms with Gasteiger partial charge in [0.2, 0.25) is 0 Å². The van der Waals surface area contributed by atoms with Gasteiger partial charge in [-0.25, -0.2) is 0 Å². The van der Waals surface area contributed by atoms with Gasteiger partial charge in [0, 0.05) is 11.4 Å². The standard InChI is InChI=1S/C10H10ClO2/c1-2-3-10(12)13-9-6-4-8(11)5-7-9/h4-7H,1-3H2. The molecule has 0 aliphatic carbocycles.